The van der Waals surface area contributed by atoms with Crippen molar-refractivity contribution in [1.82, 2.24) is 0 Å². The molecule has 5 aliphatic rings. The molecule has 0 radical (unpaired) electrons. The Balaban J connectivity index is 1.20. The smallest absolute Gasteiger partial charge is 0.405 e. The fourth-order valence-electron chi connectivity index (χ4n) is 7.71. The lowest BCUT2D eigenvalue weighted by molar-refractivity contribution is -0.180. The van der Waals surface area contributed by atoms with E-state index in [1.165, 1.54) is 0 Å². The maximum absolute atomic E-state index is 13.6. The Kier molecular flexibility index (Phi) is 6.96. The first-order chi connectivity index (χ1) is 18.2. The molecule has 4 saturated carbocycles. The van der Waals surface area contributed by atoms with Crippen molar-refractivity contribution < 1.29 is 59.9 Å². The molecule has 4 aliphatic carbocycles. The lowest BCUT2D eigenvalue weighted by atomic mass is 9.77. The summed E-state index contributed by atoms with van der Waals surface area (Å²) >= 11 is 0. The highest BCUT2D eigenvalue weighted by atomic mass is 32.2. The SMILES string of the molecule is CCC1(OC(=O)C2C3CC4C(OC(=O)C42)C3OC(=O)CCC(=O)OC(C)C(F)(F)S(=O)(=O)O)CC2CCC1C2. The normalized spacial score (nSPS) is 38.9. The van der Waals surface area contributed by atoms with E-state index in [-0.39, 0.29) is 5.92 Å². The molecule has 0 spiro atoms. The second-order valence-corrected chi connectivity index (χ2v) is 13.1. The molecule has 1 heterocycles. The molecule has 5 rings (SSSR count). The number of esters is 4. The van der Waals surface area contributed by atoms with E-state index in [1.54, 1.807) is 0 Å². The van der Waals surface area contributed by atoms with Crippen LogP contribution in [0.2, 0.25) is 0 Å². The predicted molar refractivity (Wildman–Crippen MR) is 124 cm³/mol. The minimum Gasteiger partial charge on any atom is -0.459 e. The number of halogens is 2. The molecule has 0 aromatic carbocycles. The van der Waals surface area contributed by atoms with Gasteiger partial charge in [0.2, 0.25) is 0 Å². The fourth-order valence-corrected chi connectivity index (χ4v) is 8.18. The summed E-state index contributed by atoms with van der Waals surface area (Å²) in [5, 5.41) is -4.73. The van der Waals surface area contributed by atoms with Gasteiger partial charge in [-0.15, -0.1) is 0 Å². The largest absolute Gasteiger partial charge is 0.459 e. The Morgan fingerprint density at radius 3 is 2.44 bits per heavy atom. The van der Waals surface area contributed by atoms with Crippen LogP contribution in [-0.2, 0) is 48.2 Å². The zero-order valence-electron chi connectivity index (χ0n) is 21.5. The summed E-state index contributed by atoms with van der Waals surface area (Å²) in [5.74, 6) is -4.64. The number of hydrogen-bond acceptors (Lipinski definition) is 10. The number of rotatable bonds is 10. The van der Waals surface area contributed by atoms with Crippen molar-refractivity contribution in [3.05, 3.63) is 0 Å². The highest BCUT2D eigenvalue weighted by Crippen LogP contribution is 2.60. The third kappa shape index (κ3) is 4.60. The van der Waals surface area contributed by atoms with E-state index < -0.39 is 93.8 Å². The van der Waals surface area contributed by atoms with Crippen molar-refractivity contribution >= 4 is 34.0 Å². The van der Waals surface area contributed by atoms with E-state index in [2.05, 4.69) is 4.74 Å². The van der Waals surface area contributed by atoms with Gasteiger partial charge in [-0.3, -0.25) is 23.7 Å². The molecular formula is C25H32F2O11S. The molecule has 39 heavy (non-hydrogen) atoms. The Bertz CT molecular complexity index is 1170. The summed E-state index contributed by atoms with van der Waals surface area (Å²) in [5.41, 5.74) is -0.542. The number of carbonyl (C=O) groups is 4. The van der Waals surface area contributed by atoms with Gasteiger partial charge < -0.3 is 18.9 Å². The molecule has 10 atom stereocenters. The lowest BCUT2D eigenvalue weighted by Gasteiger charge is -2.39. The highest BCUT2D eigenvalue weighted by Gasteiger charge is 2.70. The van der Waals surface area contributed by atoms with Crippen LogP contribution in [-0.4, -0.2) is 66.0 Å². The maximum Gasteiger partial charge on any atom is 0.405 e. The zero-order valence-corrected chi connectivity index (χ0v) is 22.4. The van der Waals surface area contributed by atoms with Crippen LogP contribution in [0.1, 0.15) is 65.2 Å². The predicted octanol–water partition coefficient (Wildman–Crippen LogP) is 2.41. The van der Waals surface area contributed by atoms with E-state index in [1.807, 2.05) is 6.92 Å². The number of ether oxygens (including phenoxy) is 4. The Morgan fingerprint density at radius 2 is 1.85 bits per heavy atom. The van der Waals surface area contributed by atoms with Gasteiger partial charge in [-0.05, 0) is 57.3 Å². The number of hydrogen-bond donors (Lipinski definition) is 1. The molecule has 10 unspecified atom stereocenters. The van der Waals surface area contributed by atoms with Gasteiger partial charge in [-0.1, -0.05) is 6.92 Å². The molecule has 218 valence electrons. The molecule has 1 aliphatic heterocycles. The molecule has 0 aromatic heterocycles. The van der Waals surface area contributed by atoms with Crippen LogP contribution >= 0.6 is 0 Å². The lowest BCUT2D eigenvalue weighted by Crippen LogP contribution is -2.47. The molecule has 11 nitrogen and oxygen atoms in total. The van der Waals surface area contributed by atoms with Crippen LogP contribution in [0.5, 0.6) is 0 Å². The molecule has 5 fully saturated rings. The van der Waals surface area contributed by atoms with Crippen LogP contribution in [0.15, 0.2) is 0 Å². The van der Waals surface area contributed by atoms with E-state index >= 15 is 0 Å². The third-order valence-electron chi connectivity index (χ3n) is 9.57. The molecule has 14 heteroatoms. The average Bonchev–Trinajstić information content (AvgIpc) is 3.64. The monoisotopic (exact) mass is 578 g/mol. The summed E-state index contributed by atoms with van der Waals surface area (Å²) in [7, 11) is -5.82. The van der Waals surface area contributed by atoms with Gasteiger partial charge in [0, 0.05) is 11.8 Å². The van der Waals surface area contributed by atoms with E-state index in [0.717, 1.165) is 25.7 Å². The van der Waals surface area contributed by atoms with Crippen molar-refractivity contribution in [2.45, 2.75) is 94.4 Å². The summed E-state index contributed by atoms with van der Waals surface area (Å²) in [6.45, 7) is 2.58. The minimum atomic E-state index is -5.82. The third-order valence-corrected chi connectivity index (χ3v) is 10.6. The molecule has 0 aromatic rings. The highest BCUT2D eigenvalue weighted by molar-refractivity contribution is 7.86. The first-order valence-corrected chi connectivity index (χ1v) is 14.8. The van der Waals surface area contributed by atoms with Crippen molar-refractivity contribution in [1.29, 1.82) is 0 Å². The Hall–Kier alpha value is -2.35. The summed E-state index contributed by atoms with van der Waals surface area (Å²) in [6, 6.07) is 0. The van der Waals surface area contributed by atoms with Crippen molar-refractivity contribution in [3.63, 3.8) is 0 Å². The second-order valence-electron chi connectivity index (χ2n) is 11.6. The summed E-state index contributed by atoms with van der Waals surface area (Å²) < 4.78 is 78.9. The van der Waals surface area contributed by atoms with Gasteiger partial charge in [0.05, 0.1) is 24.7 Å². The molecule has 1 N–H and O–H groups in total. The fraction of sp³-hybridized carbons (Fsp3) is 0.840. The second kappa shape index (κ2) is 9.64. The van der Waals surface area contributed by atoms with Crippen molar-refractivity contribution in [2.24, 2.45) is 35.5 Å². The number of fused-ring (bicyclic) bond motifs is 3. The first kappa shape index (κ1) is 28.2. The Labute approximate surface area is 224 Å². The van der Waals surface area contributed by atoms with Gasteiger partial charge >= 0.3 is 39.2 Å². The van der Waals surface area contributed by atoms with Crippen LogP contribution < -0.4 is 0 Å². The van der Waals surface area contributed by atoms with Crippen molar-refractivity contribution in [3.8, 4) is 0 Å². The van der Waals surface area contributed by atoms with Gasteiger partial charge in [-0.2, -0.15) is 17.2 Å². The van der Waals surface area contributed by atoms with Crippen molar-refractivity contribution in [2.75, 3.05) is 0 Å². The van der Waals surface area contributed by atoms with Gasteiger partial charge in [0.15, 0.2) is 6.10 Å². The van der Waals surface area contributed by atoms with E-state index in [4.69, 9.17) is 18.8 Å². The number of carbonyl (C=O) groups excluding carboxylic acids is 4. The first-order valence-electron chi connectivity index (χ1n) is 13.4. The topological polar surface area (TPSA) is 160 Å². The van der Waals surface area contributed by atoms with Gasteiger partial charge in [-0.25, -0.2) is 0 Å². The zero-order chi connectivity index (χ0) is 28.5. The van der Waals surface area contributed by atoms with Crippen LogP contribution in [0, 0.1) is 35.5 Å². The van der Waals surface area contributed by atoms with E-state index in [0.29, 0.717) is 31.6 Å². The average molecular weight is 579 g/mol. The van der Waals surface area contributed by atoms with Gasteiger partial charge in [0.1, 0.15) is 17.8 Å². The standard InChI is InChI=1S/C25H32F2O11S/c1-3-24(10-12-4-5-13(24)8-12)38-23(31)19-15-9-14-18(19)22(30)37-21(14)20(15)36-17(29)7-6-16(28)35-11(2)25(26,27)39(32,33)34/h11-15,18-21H,3-10H2,1-2H3,(H,32,33,34). The molecular weight excluding hydrogens is 546 g/mol. The molecule has 4 bridgehead atoms. The number of alkyl halides is 2. The maximum atomic E-state index is 13.6. The van der Waals surface area contributed by atoms with Crippen LogP contribution in [0.4, 0.5) is 8.78 Å². The van der Waals surface area contributed by atoms with Crippen LogP contribution in [0.25, 0.3) is 0 Å². The van der Waals surface area contributed by atoms with Gasteiger partial charge in [0.25, 0.3) is 0 Å². The Morgan fingerprint density at radius 1 is 1.15 bits per heavy atom. The van der Waals surface area contributed by atoms with Crippen LogP contribution in [0.3, 0.4) is 0 Å². The summed E-state index contributed by atoms with van der Waals surface area (Å²) in [4.78, 5) is 50.6. The molecule has 0 amide bonds. The van der Waals surface area contributed by atoms with E-state index in [9.17, 15) is 36.4 Å². The quantitative estimate of drug-likeness (QED) is 0.230. The minimum absolute atomic E-state index is 0.298. The summed E-state index contributed by atoms with van der Waals surface area (Å²) in [6.07, 6.45) is -0.331. The molecule has 1 saturated heterocycles.